The maximum absolute atomic E-state index is 13.3. The molecule has 0 unspecified atom stereocenters. The second-order valence-corrected chi connectivity index (χ2v) is 4.26. The van der Waals surface area contributed by atoms with Gasteiger partial charge in [-0.3, -0.25) is 0 Å². The molecule has 26 heavy (non-hydrogen) atoms. The van der Waals surface area contributed by atoms with Crippen molar-refractivity contribution in [3.05, 3.63) is 0 Å². The lowest BCUT2D eigenvalue weighted by Crippen LogP contribution is -2.77. The molecule has 18 heteroatoms. The molecule has 0 N–H and O–H groups in total. The molecular formula is C8F15O3-. The lowest BCUT2D eigenvalue weighted by atomic mass is 9.72. The number of ether oxygens (including phenoxy) is 1. The molecule has 156 valence electrons. The van der Waals surface area contributed by atoms with Crippen molar-refractivity contribution in [2.75, 3.05) is 0 Å². The summed E-state index contributed by atoms with van der Waals surface area (Å²) < 4.78 is 191. The van der Waals surface area contributed by atoms with Crippen LogP contribution in [0.3, 0.4) is 0 Å². The lowest BCUT2D eigenvalue weighted by Gasteiger charge is -2.48. The smallest absolute Gasteiger partial charge is 0.454 e. The van der Waals surface area contributed by atoms with E-state index in [1.807, 2.05) is 0 Å². The van der Waals surface area contributed by atoms with Crippen molar-refractivity contribution in [3.8, 4) is 0 Å². The van der Waals surface area contributed by atoms with Gasteiger partial charge in [0.25, 0.3) is 6.16 Å². The molecule has 0 bridgehead atoms. The predicted octanol–water partition coefficient (Wildman–Crippen LogP) is 3.88. The Morgan fingerprint density at radius 1 is 0.577 bits per heavy atom. The third-order valence-electron chi connectivity index (χ3n) is 2.73. The number of hydrogen-bond acceptors (Lipinski definition) is 3. The molecule has 0 aromatic rings. The van der Waals surface area contributed by atoms with E-state index in [1.54, 1.807) is 4.74 Å². The van der Waals surface area contributed by atoms with Gasteiger partial charge in [0.05, 0.1) is 0 Å². The van der Waals surface area contributed by atoms with Gasteiger partial charge in [0.1, 0.15) is 0 Å². The van der Waals surface area contributed by atoms with Crippen LogP contribution >= 0.6 is 0 Å². The Labute approximate surface area is 130 Å². The van der Waals surface area contributed by atoms with E-state index < -0.39 is 48.1 Å². The van der Waals surface area contributed by atoms with Crippen LogP contribution in [0.5, 0.6) is 0 Å². The van der Waals surface area contributed by atoms with E-state index in [2.05, 4.69) is 0 Å². The first-order valence-corrected chi connectivity index (χ1v) is 5.15. The molecule has 0 saturated carbocycles. The van der Waals surface area contributed by atoms with Crippen molar-refractivity contribution >= 4 is 6.16 Å². The molecule has 0 saturated heterocycles. The van der Waals surface area contributed by atoms with Crippen molar-refractivity contribution in [2.45, 2.75) is 36.5 Å². The third-order valence-corrected chi connectivity index (χ3v) is 2.73. The maximum Gasteiger partial charge on any atom is 0.454 e. The fraction of sp³-hybridized carbons (Fsp3) is 0.875. The largest absolute Gasteiger partial charge is 0.485 e. The van der Waals surface area contributed by atoms with Crippen molar-refractivity contribution in [1.82, 2.24) is 0 Å². The molecule has 0 aliphatic heterocycles. The lowest BCUT2D eigenvalue weighted by molar-refractivity contribution is -0.526. The van der Waals surface area contributed by atoms with Crippen LogP contribution in [0, 0.1) is 5.41 Å². The van der Waals surface area contributed by atoms with Crippen LogP contribution in [0.2, 0.25) is 0 Å². The standard InChI is InChI=1S/C8HF15O3/c9-3(10,7(19,20)21)2(5(13,14)15,6(16,17)18)4(11,12)8(22,23)26-1(24)25/h(H,24,25)/p-1. The van der Waals surface area contributed by atoms with Crippen molar-refractivity contribution in [3.63, 3.8) is 0 Å². The quantitative estimate of drug-likeness (QED) is 0.504. The molecule has 0 aromatic heterocycles. The molecule has 3 nitrogen and oxygen atoms in total. The number of carbonyl (C=O) groups excluding carboxylic acids is 1. The zero-order valence-corrected chi connectivity index (χ0v) is 10.9. The van der Waals surface area contributed by atoms with Gasteiger partial charge in [-0.05, 0) is 0 Å². The number of rotatable bonds is 4. The molecule has 0 atom stereocenters. The minimum Gasteiger partial charge on any atom is -0.485 e. The summed E-state index contributed by atoms with van der Waals surface area (Å²) in [5, 5.41) is 9.62. The number of hydrogen-bond donors (Lipinski definition) is 0. The first kappa shape index (κ1) is 24.2. The van der Waals surface area contributed by atoms with E-state index >= 15 is 0 Å². The molecule has 0 aliphatic carbocycles. The normalized spacial score (nSPS) is 15.8. The van der Waals surface area contributed by atoms with E-state index in [0.717, 1.165) is 0 Å². The van der Waals surface area contributed by atoms with Gasteiger partial charge in [-0.2, -0.15) is 65.9 Å². The minimum atomic E-state index is -8.84. The summed E-state index contributed by atoms with van der Waals surface area (Å²) >= 11 is 0. The zero-order valence-electron chi connectivity index (χ0n) is 10.9. The summed E-state index contributed by atoms with van der Waals surface area (Å²) in [4.78, 5) is 9.62. The molecule has 0 radical (unpaired) electrons. The molecule has 0 fully saturated rings. The Bertz CT molecular complexity index is 525. The van der Waals surface area contributed by atoms with Gasteiger partial charge in [0, 0.05) is 0 Å². The Balaban J connectivity index is 7.37. The number of halogens is 15. The Morgan fingerprint density at radius 2 is 0.885 bits per heavy atom. The van der Waals surface area contributed by atoms with Crippen LogP contribution in [0.4, 0.5) is 70.7 Å². The average molecular weight is 429 g/mol. The van der Waals surface area contributed by atoms with Crippen molar-refractivity contribution in [1.29, 1.82) is 0 Å². The van der Waals surface area contributed by atoms with E-state index in [1.165, 1.54) is 0 Å². The van der Waals surface area contributed by atoms with Crippen molar-refractivity contribution in [2.24, 2.45) is 5.41 Å². The fourth-order valence-corrected chi connectivity index (χ4v) is 1.67. The molecule has 0 aliphatic rings. The molecule has 0 amide bonds. The highest BCUT2D eigenvalue weighted by Gasteiger charge is 3.00. The second kappa shape index (κ2) is 5.86. The summed E-state index contributed by atoms with van der Waals surface area (Å²) in [7, 11) is 0. The second-order valence-electron chi connectivity index (χ2n) is 4.26. The Morgan fingerprint density at radius 3 is 1.08 bits per heavy atom. The average Bonchev–Trinajstić information content (AvgIpc) is 2.19. The zero-order chi connectivity index (χ0) is 21.8. The van der Waals surface area contributed by atoms with Crippen LogP contribution in [0.15, 0.2) is 0 Å². The monoisotopic (exact) mass is 429 g/mol. The highest BCUT2D eigenvalue weighted by Crippen LogP contribution is 2.71. The topological polar surface area (TPSA) is 49.4 Å². The van der Waals surface area contributed by atoms with Crippen molar-refractivity contribution < 1.29 is 80.5 Å². The van der Waals surface area contributed by atoms with Gasteiger partial charge in [0.2, 0.25) is 0 Å². The first-order chi connectivity index (χ1) is 10.9. The Hall–Kier alpha value is -1.78. The summed E-state index contributed by atoms with van der Waals surface area (Å²) in [6.07, 6.45) is -36.6. The predicted molar refractivity (Wildman–Crippen MR) is 41.9 cm³/mol. The van der Waals surface area contributed by atoms with E-state index in [-0.39, 0.29) is 0 Å². The van der Waals surface area contributed by atoms with Gasteiger partial charge in [-0.1, -0.05) is 0 Å². The maximum atomic E-state index is 13.3. The molecule has 0 aromatic carbocycles. The summed E-state index contributed by atoms with van der Waals surface area (Å²) in [5.41, 5.74) is -8.84. The number of alkyl halides is 15. The van der Waals surface area contributed by atoms with Crippen LogP contribution in [-0.4, -0.2) is 42.6 Å². The molecule has 0 heterocycles. The SMILES string of the molecule is O=C([O-])OC(F)(F)C(F)(F)C(C(F)(F)F)(C(F)(F)F)C(F)(F)C(F)(F)F. The molecule has 0 spiro atoms. The van der Waals surface area contributed by atoms with Gasteiger partial charge >= 0.3 is 41.9 Å². The highest BCUT2D eigenvalue weighted by molar-refractivity contribution is 5.54. The number of carboxylic acid groups (broad SMARTS) is 1. The number of carbonyl (C=O) groups is 1. The van der Waals surface area contributed by atoms with Crippen LogP contribution in [0.1, 0.15) is 0 Å². The third kappa shape index (κ3) is 3.06. The van der Waals surface area contributed by atoms with Gasteiger partial charge in [-0.15, -0.1) is 0 Å². The Kier molecular flexibility index (Phi) is 5.46. The van der Waals surface area contributed by atoms with E-state index in [0.29, 0.717) is 0 Å². The summed E-state index contributed by atoms with van der Waals surface area (Å²) in [5.74, 6) is -17.2. The van der Waals surface area contributed by atoms with Gasteiger partial charge < -0.3 is 14.6 Å². The highest BCUT2D eigenvalue weighted by atomic mass is 19.4. The van der Waals surface area contributed by atoms with Gasteiger partial charge in [-0.25, -0.2) is 0 Å². The summed E-state index contributed by atoms with van der Waals surface area (Å²) in [6.45, 7) is 0. The van der Waals surface area contributed by atoms with Gasteiger partial charge in [0.15, 0.2) is 0 Å². The van der Waals surface area contributed by atoms with Crippen LogP contribution < -0.4 is 5.11 Å². The van der Waals surface area contributed by atoms with E-state index in [4.69, 9.17) is 0 Å². The fourth-order valence-electron chi connectivity index (χ4n) is 1.67. The summed E-state index contributed by atoms with van der Waals surface area (Å²) in [6, 6.07) is 0. The van der Waals surface area contributed by atoms with E-state index in [9.17, 15) is 75.8 Å². The molecule has 0 rings (SSSR count). The first-order valence-electron chi connectivity index (χ1n) is 5.15. The van der Waals surface area contributed by atoms with Crippen LogP contribution in [0.25, 0.3) is 0 Å². The molecular weight excluding hydrogens is 429 g/mol. The van der Waals surface area contributed by atoms with Crippen LogP contribution in [-0.2, 0) is 4.74 Å². The minimum absolute atomic E-state index is 1.63.